The van der Waals surface area contributed by atoms with Crippen LogP contribution < -0.4 is 9.64 Å². The largest absolute Gasteiger partial charge is 0.493 e. The van der Waals surface area contributed by atoms with E-state index in [0.29, 0.717) is 44.0 Å². The molecule has 8 heteroatoms. The number of carbonyl (C=O) groups excluding carboxylic acids is 2. The zero-order valence-corrected chi connectivity index (χ0v) is 19.1. The van der Waals surface area contributed by atoms with Gasteiger partial charge in [-0.1, -0.05) is 12.1 Å². The molecule has 0 saturated carbocycles. The second-order valence-electron chi connectivity index (χ2n) is 8.31. The lowest BCUT2D eigenvalue weighted by Gasteiger charge is -2.38. The van der Waals surface area contributed by atoms with Crippen LogP contribution in [0.25, 0.3) is 0 Å². The van der Waals surface area contributed by atoms with Gasteiger partial charge < -0.3 is 19.4 Å². The number of aromatic nitrogens is 2. The first kappa shape index (κ1) is 22.0. The Balaban J connectivity index is 1.43. The van der Waals surface area contributed by atoms with Crippen molar-refractivity contribution in [3.05, 3.63) is 47.4 Å². The number of carbonyl (C=O) groups is 2. The van der Waals surface area contributed by atoms with Crippen LogP contribution in [0.3, 0.4) is 0 Å². The van der Waals surface area contributed by atoms with Gasteiger partial charge in [-0.15, -0.1) is 0 Å². The van der Waals surface area contributed by atoms with Crippen LogP contribution in [-0.2, 0) is 4.79 Å². The molecule has 0 bridgehead atoms. The number of piperazine rings is 1. The zero-order valence-electron chi connectivity index (χ0n) is 19.1. The van der Waals surface area contributed by atoms with Gasteiger partial charge in [0.1, 0.15) is 23.4 Å². The average Bonchev–Trinajstić information content (AvgIpc) is 3.28. The summed E-state index contributed by atoms with van der Waals surface area (Å²) in [5, 5.41) is 0. The summed E-state index contributed by atoms with van der Waals surface area (Å²) < 4.78 is 5.64. The third kappa shape index (κ3) is 4.54. The molecule has 0 N–H and O–H groups in total. The second kappa shape index (κ2) is 9.54. The maximum Gasteiger partial charge on any atom is 0.258 e. The lowest BCUT2D eigenvalue weighted by atomic mass is 10.1. The summed E-state index contributed by atoms with van der Waals surface area (Å²) in [5.74, 6) is 2.15. The lowest BCUT2D eigenvalue weighted by molar-refractivity contribution is -0.135. The fourth-order valence-corrected chi connectivity index (χ4v) is 4.57. The highest BCUT2D eigenvalue weighted by Crippen LogP contribution is 2.27. The third-order valence-electron chi connectivity index (χ3n) is 6.08. The molecule has 4 rings (SSSR count). The van der Waals surface area contributed by atoms with Crippen molar-refractivity contribution >= 4 is 17.6 Å². The van der Waals surface area contributed by atoms with E-state index >= 15 is 0 Å². The number of hydrogen-bond donors (Lipinski definition) is 0. The van der Waals surface area contributed by atoms with Crippen molar-refractivity contribution in [3.8, 4) is 5.75 Å². The molecule has 1 aromatic heterocycles. The van der Waals surface area contributed by atoms with Crippen molar-refractivity contribution in [1.82, 2.24) is 19.8 Å². The van der Waals surface area contributed by atoms with E-state index in [2.05, 4.69) is 14.9 Å². The number of para-hydroxylation sites is 1. The summed E-state index contributed by atoms with van der Waals surface area (Å²) in [5.41, 5.74) is 1.46. The van der Waals surface area contributed by atoms with Gasteiger partial charge >= 0.3 is 0 Å². The van der Waals surface area contributed by atoms with Crippen LogP contribution in [0.4, 0.5) is 5.82 Å². The molecule has 0 aliphatic carbocycles. The zero-order chi connectivity index (χ0) is 22.7. The summed E-state index contributed by atoms with van der Waals surface area (Å²) >= 11 is 0. The van der Waals surface area contributed by atoms with Gasteiger partial charge in [-0.2, -0.15) is 0 Å². The van der Waals surface area contributed by atoms with E-state index in [0.717, 1.165) is 36.8 Å². The summed E-state index contributed by atoms with van der Waals surface area (Å²) in [6, 6.07) is 8.84. The molecule has 2 amide bonds. The molecule has 0 spiro atoms. The molecule has 2 aliphatic heterocycles. The molecule has 170 valence electrons. The number of rotatable bonds is 5. The summed E-state index contributed by atoms with van der Waals surface area (Å²) in [7, 11) is 0. The van der Waals surface area contributed by atoms with Gasteiger partial charge in [0, 0.05) is 44.5 Å². The molecule has 2 aliphatic rings. The van der Waals surface area contributed by atoms with E-state index in [1.165, 1.54) is 0 Å². The molecule has 1 atom stereocenters. The van der Waals surface area contributed by atoms with E-state index in [9.17, 15) is 9.59 Å². The molecular weight excluding hydrogens is 406 g/mol. The number of hydrogen-bond acceptors (Lipinski definition) is 6. The Morgan fingerprint density at radius 3 is 2.53 bits per heavy atom. The van der Waals surface area contributed by atoms with E-state index < -0.39 is 6.04 Å². The van der Waals surface area contributed by atoms with Crippen LogP contribution >= 0.6 is 0 Å². The Morgan fingerprint density at radius 1 is 1.06 bits per heavy atom. The molecule has 2 aromatic rings. The smallest absolute Gasteiger partial charge is 0.258 e. The summed E-state index contributed by atoms with van der Waals surface area (Å²) in [4.78, 5) is 41.4. The Bertz CT molecular complexity index is 967. The van der Waals surface area contributed by atoms with Crippen LogP contribution in [0.1, 0.15) is 41.6 Å². The van der Waals surface area contributed by atoms with Gasteiger partial charge in [0.2, 0.25) is 5.91 Å². The van der Waals surface area contributed by atoms with Gasteiger partial charge in [0.05, 0.1) is 12.2 Å². The molecule has 2 fully saturated rings. The minimum Gasteiger partial charge on any atom is -0.493 e. The molecule has 8 nitrogen and oxygen atoms in total. The molecule has 32 heavy (non-hydrogen) atoms. The number of likely N-dealkylation sites (tertiary alicyclic amines) is 1. The molecule has 1 aromatic carbocycles. The van der Waals surface area contributed by atoms with Crippen molar-refractivity contribution in [2.24, 2.45) is 0 Å². The molecule has 2 saturated heterocycles. The highest BCUT2D eigenvalue weighted by molar-refractivity contribution is 6.00. The maximum absolute atomic E-state index is 13.4. The van der Waals surface area contributed by atoms with E-state index in [1.54, 1.807) is 17.0 Å². The van der Waals surface area contributed by atoms with Crippen molar-refractivity contribution in [2.45, 2.75) is 39.7 Å². The monoisotopic (exact) mass is 437 g/mol. The van der Waals surface area contributed by atoms with Crippen LogP contribution in [0.15, 0.2) is 30.3 Å². The van der Waals surface area contributed by atoms with Crippen LogP contribution in [-0.4, -0.2) is 77.0 Å². The first-order chi connectivity index (χ1) is 15.5. The Hall–Kier alpha value is -3.16. The average molecular weight is 438 g/mol. The number of nitrogens with zero attached hydrogens (tertiary/aromatic N) is 5. The maximum atomic E-state index is 13.4. The quantitative estimate of drug-likeness (QED) is 0.715. The predicted octanol–water partition coefficient (Wildman–Crippen LogP) is 2.45. The molecular formula is C24H31N5O3. The lowest BCUT2D eigenvalue weighted by Crippen LogP contribution is -2.54. The van der Waals surface area contributed by atoms with E-state index in [-0.39, 0.29) is 11.8 Å². The number of aryl methyl sites for hydroxylation is 2. The molecule has 1 unspecified atom stereocenters. The first-order valence-electron chi connectivity index (χ1n) is 11.4. The van der Waals surface area contributed by atoms with Crippen LogP contribution in [0, 0.1) is 13.8 Å². The highest BCUT2D eigenvalue weighted by Gasteiger charge is 2.38. The van der Waals surface area contributed by atoms with Gasteiger partial charge in [-0.3, -0.25) is 9.59 Å². The fraction of sp³-hybridized carbons (Fsp3) is 0.500. The van der Waals surface area contributed by atoms with Crippen molar-refractivity contribution in [1.29, 1.82) is 0 Å². The summed E-state index contributed by atoms with van der Waals surface area (Å²) in [6.07, 6.45) is 1.53. The standard InChI is InChI=1S/C24H31N5O3/c1-4-32-21-10-6-5-8-19(21)23(30)29-11-7-9-20(29)24(31)28-14-12-27(13-15-28)22-16-17(2)25-18(3)26-22/h5-6,8,10,16,20H,4,7,9,11-15H2,1-3H3. The number of ether oxygens (including phenoxy) is 1. The Labute approximate surface area is 189 Å². The van der Waals surface area contributed by atoms with E-state index in [4.69, 9.17) is 4.74 Å². The van der Waals surface area contributed by atoms with Crippen LogP contribution in [0.2, 0.25) is 0 Å². The van der Waals surface area contributed by atoms with E-state index in [1.807, 2.05) is 43.9 Å². The predicted molar refractivity (Wildman–Crippen MR) is 122 cm³/mol. The number of benzene rings is 1. The minimum absolute atomic E-state index is 0.0411. The van der Waals surface area contributed by atoms with Crippen molar-refractivity contribution in [3.63, 3.8) is 0 Å². The van der Waals surface area contributed by atoms with Crippen molar-refractivity contribution < 1.29 is 14.3 Å². The van der Waals surface area contributed by atoms with Gasteiger partial charge in [-0.25, -0.2) is 9.97 Å². The third-order valence-corrected chi connectivity index (χ3v) is 6.08. The van der Waals surface area contributed by atoms with Gasteiger partial charge in [-0.05, 0) is 45.7 Å². The first-order valence-corrected chi connectivity index (χ1v) is 11.4. The SMILES string of the molecule is CCOc1ccccc1C(=O)N1CCCC1C(=O)N1CCN(c2cc(C)nc(C)n2)CC1. The van der Waals surface area contributed by atoms with Crippen molar-refractivity contribution in [2.75, 3.05) is 44.2 Å². The Kier molecular flexibility index (Phi) is 6.58. The second-order valence-corrected chi connectivity index (χ2v) is 8.31. The van der Waals surface area contributed by atoms with Gasteiger partial charge in [0.25, 0.3) is 5.91 Å². The number of anilines is 1. The topological polar surface area (TPSA) is 78.9 Å². The minimum atomic E-state index is -0.410. The highest BCUT2D eigenvalue weighted by atomic mass is 16.5. The molecule has 0 radical (unpaired) electrons. The molecule has 3 heterocycles. The summed E-state index contributed by atoms with van der Waals surface area (Å²) in [6.45, 7) is 9.51. The number of amides is 2. The Morgan fingerprint density at radius 2 is 1.81 bits per heavy atom. The normalized spacial score (nSPS) is 18.7. The van der Waals surface area contributed by atoms with Gasteiger partial charge in [0.15, 0.2) is 0 Å². The van der Waals surface area contributed by atoms with Crippen LogP contribution in [0.5, 0.6) is 5.75 Å². The fourth-order valence-electron chi connectivity index (χ4n) is 4.57.